The van der Waals surface area contributed by atoms with E-state index in [-0.39, 0.29) is 6.04 Å². The summed E-state index contributed by atoms with van der Waals surface area (Å²) in [6, 6.07) is 9.06. The Morgan fingerprint density at radius 1 is 1.03 bits per heavy atom. The maximum atomic E-state index is 5.19. The Labute approximate surface area is 199 Å². The first-order valence-corrected chi connectivity index (χ1v) is 12.9. The number of rotatable bonds is 2. The molecule has 3 aliphatic heterocycles. The van der Waals surface area contributed by atoms with E-state index in [4.69, 9.17) is 4.99 Å². The van der Waals surface area contributed by atoms with E-state index in [0.29, 0.717) is 5.41 Å². The molecule has 2 aromatic heterocycles. The molecule has 0 amide bonds. The van der Waals surface area contributed by atoms with Crippen molar-refractivity contribution in [3.8, 4) is 5.00 Å². The Morgan fingerprint density at radius 3 is 2.48 bits per heavy atom. The molecular formula is C26H32N6S. The van der Waals surface area contributed by atoms with Gasteiger partial charge < -0.3 is 10.2 Å². The Hall–Kier alpha value is -2.51. The third-order valence-electron chi connectivity index (χ3n) is 8.02. The van der Waals surface area contributed by atoms with E-state index in [1.807, 2.05) is 18.3 Å². The van der Waals surface area contributed by atoms with Gasteiger partial charge in [-0.05, 0) is 76.6 Å². The van der Waals surface area contributed by atoms with E-state index in [2.05, 4.69) is 70.0 Å². The summed E-state index contributed by atoms with van der Waals surface area (Å²) < 4.78 is 2.21. The molecule has 7 heteroatoms. The molecule has 0 radical (unpaired) electrons. The van der Waals surface area contributed by atoms with Crippen LogP contribution in [-0.4, -0.2) is 46.7 Å². The predicted molar refractivity (Wildman–Crippen MR) is 135 cm³/mol. The van der Waals surface area contributed by atoms with Gasteiger partial charge in [-0.25, -0.2) is 0 Å². The highest BCUT2D eigenvalue weighted by Crippen LogP contribution is 2.40. The van der Waals surface area contributed by atoms with Gasteiger partial charge in [0.05, 0.1) is 5.71 Å². The van der Waals surface area contributed by atoms with Crippen LogP contribution in [0.5, 0.6) is 0 Å². The average molecular weight is 461 g/mol. The van der Waals surface area contributed by atoms with E-state index in [1.165, 1.54) is 64.6 Å². The Kier molecular flexibility index (Phi) is 4.96. The van der Waals surface area contributed by atoms with Crippen LogP contribution < -0.4 is 10.2 Å². The van der Waals surface area contributed by atoms with Crippen molar-refractivity contribution in [3.05, 3.63) is 57.5 Å². The third-order valence-corrected chi connectivity index (χ3v) is 9.21. The quantitative estimate of drug-likeness (QED) is 0.600. The number of nitrogens with zero attached hydrogens (tertiary/aromatic N) is 5. The average Bonchev–Trinajstić information content (AvgIpc) is 3.49. The van der Waals surface area contributed by atoms with Crippen molar-refractivity contribution in [2.75, 3.05) is 31.1 Å². The molecule has 6 nitrogen and oxygen atoms in total. The lowest BCUT2D eigenvalue weighted by atomic mass is 9.78. The van der Waals surface area contributed by atoms with E-state index in [9.17, 15) is 0 Å². The summed E-state index contributed by atoms with van der Waals surface area (Å²) in [6.45, 7) is 13.3. The fourth-order valence-electron chi connectivity index (χ4n) is 5.77. The Balaban J connectivity index is 1.33. The Morgan fingerprint density at radius 2 is 1.79 bits per heavy atom. The van der Waals surface area contributed by atoms with Gasteiger partial charge in [0.15, 0.2) is 5.82 Å². The van der Waals surface area contributed by atoms with Crippen LogP contribution in [0.4, 0.5) is 5.69 Å². The van der Waals surface area contributed by atoms with Crippen molar-refractivity contribution in [3.63, 3.8) is 0 Å². The van der Waals surface area contributed by atoms with Crippen LogP contribution in [0, 0.1) is 26.2 Å². The van der Waals surface area contributed by atoms with E-state index in [1.54, 1.807) is 0 Å². The summed E-state index contributed by atoms with van der Waals surface area (Å²) in [6.07, 6.45) is 3.93. The number of aromatic nitrogens is 3. The summed E-state index contributed by atoms with van der Waals surface area (Å²) >= 11 is 1.82. The van der Waals surface area contributed by atoms with E-state index in [0.717, 1.165) is 30.5 Å². The van der Waals surface area contributed by atoms with E-state index >= 15 is 0 Å². The molecule has 0 saturated carbocycles. The Bertz CT molecular complexity index is 1220. The maximum Gasteiger partial charge on any atom is 0.162 e. The summed E-state index contributed by atoms with van der Waals surface area (Å²) in [4.78, 5) is 9.06. The summed E-state index contributed by atoms with van der Waals surface area (Å²) in [5, 5.41) is 13.6. The van der Waals surface area contributed by atoms with Crippen molar-refractivity contribution < 1.29 is 0 Å². The van der Waals surface area contributed by atoms with Gasteiger partial charge in [0, 0.05) is 41.3 Å². The molecule has 6 rings (SSSR count). The molecule has 0 bridgehead atoms. The molecule has 2 saturated heterocycles. The predicted octanol–water partition coefficient (Wildman–Crippen LogP) is 4.75. The molecule has 1 atom stereocenters. The van der Waals surface area contributed by atoms with Crippen LogP contribution in [0.1, 0.15) is 65.4 Å². The first-order chi connectivity index (χ1) is 16.0. The second-order valence-electron chi connectivity index (χ2n) is 10.0. The second-order valence-corrected chi connectivity index (χ2v) is 11.2. The molecule has 0 unspecified atom stereocenters. The number of benzene rings is 1. The molecule has 2 fully saturated rings. The first kappa shape index (κ1) is 21.1. The van der Waals surface area contributed by atoms with Crippen molar-refractivity contribution in [1.29, 1.82) is 0 Å². The van der Waals surface area contributed by atoms with Crippen molar-refractivity contribution in [1.82, 2.24) is 20.1 Å². The fourth-order valence-corrected chi connectivity index (χ4v) is 6.99. The molecule has 5 heterocycles. The number of fused-ring (bicyclic) bond motifs is 3. The monoisotopic (exact) mass is 460 g/mol. The van der Waals surface area contributed by atoms with Gasteiger partial charge in [0.2, 0.25) is 0 Å². The van der Waals surface area contributed by atoms with Gasteiger partial charge >= 0.3 is 0 Å². The molecule has 33 heavy (non-hydrogen) atoms. The first-order valence-electron chi connectivity index (χ1n) is 12.1. The number of hydrogen-bond donors (Lipinski definition) is 1. The van der Waals surface area contributed by atoms with Gasteiger partial charge in [-0.3, -0.25) is 9.56 Å². The molecule has 1 spiro atoms. The zero-order valence-electron chi connectivity index (χ0n) is 20.0. The second kappa shape index (κ2) is 7.77. The minimum atomic E-state index is -0.0431. The number of nitrogens with one attached hydrogen (secondary N) is 1. The highest BCUT2D eigenvalue weighted by Gasteiger charge is 2.37. The molecule has 172 valence electrons. The van der Waals surface area contributed by atoms with Crippen molar-refractivity contribution in [2.24, 2.45) is 10.4 Å². The van der Waals surface area contributed by atoms with Gasteiger partial charge in [0.25, 0.3) is 0 Å². The van der Waals surface area contributed by atoms with Crippen molar-refractivity contribution in [2.45, 2.75) is 53.0 Å². The van der Waals surface area contributed by atoms with E-state index < -0.39 is 0 Å². The van der Waals surface area contributed by atoms with Gasteiger partial charge in [-0.15, -0.1) is 21.5 Å². The van der Waals surface area contributed by atoms with Gasteiger partial charge in [-0.2, -0.15) is 0 Å². The van der Waals surface area contributed by atoms with Gasteiger partial charge in [-0.1, -0.05) is 12.1 Å². The number of aryl methyl sites for hydroxylation is 2. The van der Waals surface area contributed by atoms with Crippen LogP contribution in [0.15, 0.2) is 29.3 Å². The zero-order chi connectivity index (χ0) is 22.7. The van der Waals surface area contributed by atoms with Crippen LogP contribution in [0.25, 0.3) is 5.00 Å². The zero-order valence-corrected chi connectivity index (χ0v) is 20.8. The lowest BCUT2D eigenvalue weighted by Crippen LogP contribution is -2.41. The maximum absolute atomic E-state index is 5.19. The molecule has 3 aromatic rings. The van der Waals surface area contributed by atoms with Crippen LogP contribution in [0.3, 0.4) is 0 Å². The van der Waals surface area contributed by atoms with Crippen LogP contribution in [0.2, 0.25) is 0 Å². The summed E-state index contributed by atoms with van der Waals surface area (Å²) in [5.41, 5.74) is 6.66. The number of hydrogen-bond acceptors (Lipinski definition) is 6. The standard InChI is InChI=1S/C26H32N6S/c1-16-18(3)33-25-22(16)23(28-17(2)24-30-29-19(4)32(24)25)20-5-7-21(8-6-20)31-13-10-26(11-14-31)9-12-27-15-26/h5-8,17,27H,9-15H2,1-4H3/t17-/m0/s1. The molecule has 3 aliphatic rings. The molecular weight excluding hydrogens is 428 g/mol. The lowest BCUT2D eigenvalue weighted by Gasteiger charge is -2.40. The minimum absolute atomic E-state index is 0.0431. The molecule has 1 aromatic carbocycles. The summed E-state index contributed by atoms with van der Waals surface area (Å²) in [5.74, 6) is 1.84. The minimum Gasteiger partial charge on any atom is -0.371 e. The number of piperidine rings is 1. The number of anilines is 1. The number of aliphatic imine (C=N–C) groups is 1. The normalized spacial score (nSPS) is 21.6. The fraction of sp³-hybridized carbons (Fsp3) is 0.500. The largest absolute Gasteiger partial charge is 0.371 e. The third kappa shape index (κ3) is 3.36. The van der Waals surface area contributed by atoms with Gasteiger partial charge in [0.1, 0.15) is 16.9 Å². The van der Waals surface area contributed by atoms with Crippen LogP contribution in [-0.2, 0) is 0 Å². The number of thiophene rings is 1. The lowest BCUT2D eigenvalue weighted by molar-refractivity contribution is 0.247. The topological polar surface area (TPSA) is 58.3 Å². The van der Waals surface area contributed by atoms with Crippen LogP contribution >= 0.6 is 11.3 Å². The molecule has 1 N–H and O–H groups in total. The van der Waals surface area contributed by atoms with Crippen molar-refractivity contribution >= 4 is 22.7 Å². The molecule has 0 aliphatic carbocycles. The highest BCUT2D eigenvalue weighted by atomic mass is 32.1. The highest BCUT2D eigenvalue weighted by molar-refractivity contribution is 7.15. The summed E-state index contributed by atoms with van der Waals surface area (Å²) in [7, 11) is 0. The smallest absolute Gasteiger partial charge is 0.162 e. The SMILES string of the molecule is Cc1sc2c(c1C)C(c1ccc(N3CCC4(CCNC4)CC3)cc1)=N[C@@H](C)c1nnc(C)n1-2.